The first-order chi connectivity index (χ1) is 12.7. The molecule has 2 atom stereocenters. The molecule has 1 aromatic carbocycles. The standard InChI is InChI=1S/C21H27FO4S/c1-4-14(9-15-5-7-18(23)17(22)10-15)6-8-19-21-16(13(2)3)12-27(24,25)20(21)11-26-19/h5,7,9-10,13,19-20,23H,4,6,8,11-12H2,1-3H3/b14-9+/t19-,20+/m1/s1. The summed E-state index contributed by atoms with van der Waals surface area (Å²) in [5, 5.41) is 8.84. The maximum Gasteiger partial charge on any atom is 0.165 e. The van der Waals surface area contributed by atoms with Crippen LogP contribution in [0.15, 0.2) is 34.9 Å². The average molecular weight is 395 g/mol. The van der Waals surface area contributed by atoms with Crippen LogP contribution in [-0.4, -0.2) is 37.2 Å². The molecule has 1 aromatic rings. The van der Waals surface area contributed by atoms with E-state index in [4.69, 9.17) is 4.74 Å². The Morgan fingerprint density at radius 3 is 2.78 bits per heavy atom. The number of phenolic OH excluding ortho intramolecular Hbond substituents is 1. The molecule has 0 aliphatic carbocycles. The van der Waals surface area contributed by atoms with Gasteiger partial charge in [-0.15, -0.1) is 0 Å². The Hall–Kier alpha value is -1.66. The Kier molecular flexibility index (Phi) is 5.77. The van der Waals surface area contributed by atoms with Crippen LogP contribution in [0.1, 0.15) is 45.6 Å². The van der Waals surface area contributed by atoms with Crippen molar-refractivity contribution in [3.63, 3.8) is 0 Å². The van der Waals surface area contributed by atoms with Crippen LogP contribution in [0.3, 0.4) is 0 Å². The molecule has 148 valence electrons. The van der Waals surface area contributed by atoms with Gasteiger partial charge in [-0.25, -0.2) is 12.8 Å². The summed E-state index contributed by atoms with van der Waals surface area (Å²) in [5.74, 6) is -0.631. The number of sulfone groups is 1. The summed E-state index contributed by atoms with van der Waals surface area (Å²) in [4.78, 5) is 0. The fourth-order valence-corrected chi connectivity index (χ4v) is 6.07. The third-order valence-electron chi connectivity index (χ3n) is 5.52. The summed E-state index contributed by atoms with van der Waals surface area (Å²) >= 11 is 0. The number of phenols is 1. The minimum absolute atomic E-state index is 0.156. The molecule has 1 fully saturated rings. The highest BCUT2D eigenvalue weighted by atomic mass is 32.2. The second-order valence-electron chi connectivity index (χ2n) is 7.66. The number of hydrogen-bond donors (Lipinski definition) is 1. The third kappa shape index (κ3) is 4.11. The maximum atomic E-state index is 13.5. The molecule has 2 heterocycles. The van der Waals surface area contributed by atoms with E-state index in [0.29, 0.717) is 5.56 Å². The van der Waals surface area contributed by atoms with Crippen LogP contribution in [0.2, 0.25) is 0 Å². The summed E-state index contributed by atoms with van der Waals surface area (Å²) in [6.07, 6.45) is 4.06. The van der Waals surface area contributed by atoms with E-state index in [-0.39, 0.29) is 30.1 Å². The third-order valence-corrected chi connectivity index (χ3v) is 7.50. The highest BCUT2D eigenvalue weighted by Gasteiger charge is 2.47. The molecule has 1 N–H and O–H groups in total. The van der Waals surface area contributed by atoms with Gasteiger partial charge in [0.2, 0.25) is 0 Å². The van der Waals surface area contributed by atoms with Crippen LogP contribution >= 0.6 is 0 Å². The number of aromatic hydroxyl groups is 1. The lowest BCUT2D eigenvalue weighted by molar-refractivity contribution is 0.117. The molecular formula is C21H27FO4S. The quantitative estimate of drug-likeness (QED) is 0.733. The van der Waals surface area contributed by atoms with E-state index in [2.05, 4.69) is 0 Å². The Bertz CT molecular complexity index is 883. The van der Waals surface area contributed by atoms with Gasteiger partial charge >= 0.3 is 0 Å². The lowest BCUT2D eigenvalue weighted by atomic mass is 9.91. The second-order valence-corrected chi connectivity index (χ2v) is 9.84. The zero-order chi connectivity index (χ0) is 19.8. The first-order valence-electron chi connectivity index (χ1n) is 9.47. The van der Waals surface area contributed by atoms with Crippen molar-refractivity contribution in [1.82, 2.24) is 0 Å². The first-order valence-corrected chi connectivity index (χ1v) is 11.2. The van der Waals surface area contributed by atoms with Crippen molar-refractivity contribution in [2.45, 2.75) is 51.4 Å². The SMILES string of the molecule is CC/C(=C\c1ccc(O)c(F)c1)CC[C@H]1OC[C@H]2C1=C(C(C)C)CS2(=O)=O. The van der Waals surface area contributed by atoms with E-state index in [1.54, 1.807) is 6.07 Å². The second kappa shape index (κ2) is 7.76. The average Bonchev–Trinajstić information content (AvgIpc) is 3.14. The molecule has 2 aliphatic rings. The van der Waals surface area contributed by atoms with Crippen molar-refractivity contribution in [2.75, 3.05) is 12.4 Å². The number of fused-ring (bicyclic) bond motifs is 1. The molecule has 0 spiro atoms. The summed E-state index contributed by atoms with van der Waals surface area (Å²) in [7, 11) is -3.13. The van der Waals surface area contributed by atoms with Gasteiger partial charge in [0.25, 0.3) is 0 Å². The predicted molar refractivity (Wildman–Crippen MR) is 105 cm³/mol. The van der Waals surface area contributed by atoms with Gasteiger partial charge in [0.1, 0.15) is 5.25 Å². The van der Waals surface area contributed by atoms with Gasteiger partial charge in [0, 0.05) is 0 Å². The fourth-order valence-electron chi connectivity index (χ4n) is 3.96. The predicted octanol–water partition coefficient (Wildman–Crippen LogP) is 4.25. The van der Waals surface area contributed by atoms with Gasteiger partial charge in [0.15, 0.2) is 21.4 Å². The smallest absolute Gasteiger partial charge is 0.165 e. The van der Waals surface area contributed by atoms with Crippen LogP contribution in [0, 0.1) is 11.7 Å². The Balaban J connectivity index is 1.76. The van der Waals surface area contributed by atoms with E-state index >= 15 is 0 Å². The maximum absolute atomic E-state index is 13.5. The lowest BCUT2D eigenvalue weighted by Crippen LogP contribution is -2.19. The minimum Gasteiger partial charge on any atom is -0.505 e. The minimum atomic E-state index is -3.13. The Morgan fingerprint density at radius 1 is 1.41 bits per heavy atom. The molecule has 0 saturated carbocycles. The monoisotopic (exact) mass is 394 g/mol. The topological polar surface area (TPSA) is 63.6 Å². The van der Waals surface area contributed by atoms with E-state index in [1.165, 1.54) is 12.1 Å². The van der Waals surface area contributed by atoms with Crippen molar-refractivity contribution in [3.05, 3.63) is 46.3 Å². The molecule has 27 heavy (non-hydrogen) atoms. The molecule has 0 bridgehead atoms. The number of hydrogen-bond acceptors (Lipinski definition) is 4. The number of allylic oxidation sites excluding steroid dienone is 1. The highest BCUT2D eigenvalue weighted by Crippen LogP contribution is 2.41. The summed E-state index contributed by atoms with van der Waals surface area (Å²) in [6, 6.07) is 4.34. The van der Waals surface area contributed by atoms with E-state index in [9.17, 15) is 17.9 Å². The van der Waals surface area contributed by atoms with Gasteiger partial charge in [-0.2, -0.15) is 0 Å². The molecule has 0 amide bonds. The highest BCUT2D eigenvalue weighted by molar-refractivity contribution is 7.92. The number of rotatable bonds is 6. The fraction of sp³-hybridized carbons (Fsp3) is 0.524. The normalized spacial score (nSPS) is 24.7. The van der Waals surface area contributed by atoms with Crippen LogP contribution in [0.4, 0.5) is 4.39 Å². The van der Waals surface area contributed by atoms with E-state index in [1.807, 2.05) is 26.8 Å². The summed E-state index contributed by atoms with van der Waals surface area (Å²) < 4.78 is 44.2. The van der Waals surface area contributed by atoms with Crippen molar-refractivity contribution < 1.29 is 22.7 Å². The molecule has 1 saturated heterocycles. The lowest BCUT2D eigenvalue weighted by Gasteiger charge is -2.16. The van der Waals surface area contributed by atoms with E-state index < -0.39 is 20.9 Å². The Labute approximate surface area is 160 Å². The zero-order valence-corrected chi connectivity index (χ0v) is 16.9. The van der Waals surface area contributed by atoms with Crippen molar-refractivity contribution in [1.29, 1.82) is 0 Å². The molecule has 0 radical (unpaired) electrons. The van der Waals surface area contributed by atoms with Gasteiger partial charge in [-0.3, -0.25) is 0 Å². The number of halogens is 1. The summed E-state index contributed by atoms with van der Waals surface area (Å²) in [5.41, 5.74) is 3.85. The van der Waals surface area contributed by atoms with Crippen LogP contribution in [0.5, 0.6) is 5.75 Å². The molecule has 3 rings (SSSR count). The summed E-state index contributed by atoms with van der Waals surface area (Å²) in [6.45, 7) is 6.37. The van der Waals surface area contributed by atoms with Gasteiger partial charge in [-0.1, -0.05) is 38.5 Å². The van der Waals surface area contributed by atoms with Crippen LogP contribution in [-0.2, 0) is 14.6 Å². The van der Waals surface area contributed by atoms with Crippen LogP contribution < -0.4 is 0 Å². The van der Waals surface area contributed by atoms with Gasteiger partial charge < -0.3 is 9.84 Å². The number of ether oxygens (including phenoxy) is 1. The van der Waals surface area contributed by atoms with E-state index in [0.717, 1.165) is 36.0 Å². The first kappa shape index (κ1) is 20.1. The number of benzene rings is 1. The van der Waals surface area contributed by atoms with Gasteiger partial charge in [0.05, 0.1) is 18.5 Å². The molecule has 0 unspecified atom stereocenters. The largest absolute Gasteiger partial charge is 0.505 e. The Morgan fingerprint density at radius 2 is 2.15 bits per heavy atom. The zero-order valence-electron chi connectivity index (χ0n) is 16.0. The van der Waals surface area contributed by atoms with Crippen molar-refractivity contribution >= 4 is 15.9 Å². The molecule has 6 heteroatoms. The van der Waals surface area contributed by atoms with Crippen molar-refractivity contribution in [2.24, 2.45) is 5.92 Å². The molecular weight excluding hydrogens is 367 g/mol. The molecule has 4 nitrogen and oxygen atoms in total. The molecule has 0 aromatic heterocycles. The van der Waals surface area contributed by atoms with Crippen LogP contribution in [0.25, 0.3) is 6.08 Å². The van der Waals surface area contributed by atoms with Crippen molar-refractivity contribution in [3.8, 4) is 5.75 Å². The van der Waals surface area contributed by atoms with Gasteiger partial charge in [-0.05, 0) is 54.0 Å². The molecule has 2 aliphatic heterocycles.